The molecule has 8 heteroatoms. The number of thioether (sulfide) groups is 1. The van der Waals surface area contributed by atoms with E-state index in [-0.39, 0.29) is 10.9 Å². The van der Waals surface area contributed by atoms with E-state index >= 15 is 0 Å². The zero-order chi connectivity index (χ0) is 17.7. The van der Waals surface area contributed by atoms with Crippen LogP contribution >= 0.6 is 24.0 Å². The monoisotopic (exact) mass is 363 g/mol. The summed E-state index contributed by atoms with van der Waals surface area (Å²) in [6, 6.07) is 5.10. The average Bonchev–Trinajstić information content (AvgIpc) is 2.80. The van der Waals surface area contributed by atoms with E-state index in [0.29, 0.717) is 22.0 Å². The number of aliphatic carboxylic acids is 1. The van der Waals surface area contributed by atoms with Gasteiger partial charge in [-0.3, -0.25) is 14.5 Å². The van der Waals surface area contributed by atoms with Crippen LogP contribution in [-0.2, 0) is 9.59 Å². The number of carboxylic acid groups (broad SMARTS) is 1. The number of ether oxygens (including phenoxy) is 2. The molecule has 0 radical (unpaired) electrons. The Bertz CT molecular complexity index is 766. The molecule has 6 nitrogen and oxygen atoms in total. The number of rotatable bonds is 6. The predicted molar refractivity (Wildman–Crippen MR) is 94.8 cm³/mol. The number of terminal acetylenes is 1. The first-order valence-corrected chi connectivity index (χ1v) is 7.90. The van der Waals surface area contributed by atoms with Crippen molar-refractivity contribution in [1.29, 1.82) is 0 Å². The lowest BCUT2D eigenvalue weighted by Gasteiger charge is -2.10. The third-order valence-electron chi connectivity index (χ3n) is 2.96. The molecule has 1 heterocycles. The Labute approximate surface area is 148 Å². The second-order valence-electron chi connectivity index (χ2n) is 4.56. The molecule has 1 amide bonds. The van der Waals surface area contributed by atoms with Gasteiger partial charge < -0.3 is 14.6 Å². The van der Waals surface area contributed by atoms with Crippen molar-refractivity contribution >= 4 is 46.3 Å². The summed E-state index contributed by atoms with van der Waals surface area (Å²) >= 11 is 6.10. The molecule has 24 heavy (non-hydrogen) atoms. The minimum Gasteiger partial charge on any atom is -0.493 e. The third-order valence-corrected chi connectivity index (χ3v) is 4.34. The minimum atomic E-state index is -1.12. The normalized spacial score (nSPS) is 15.5. The van der Waals surface area contributed by atoms with E-state index in [1.807, 2.05) is 0 Å². The van der Waals surface area contributed by atoms with Crippen LogP contribution in [0.3, 0.4) is 0 Å². The van der Waals surface area contributed by atoms with Crippen LogP contribution in [0, 0.1) is 12.3 Å². The predicted octanol–water partition coefficient (Wildman–Crippen LogP) is 1.99. The zero-order valence-corrected chi connectivity index (χ0v) is 14.3. The Kier molecular flexibility index (Phi) is 5.84. The maximum absolute atomic E-state index is 12.2. The van der Waals surface area contributed by atoms with Crippen LogP contribution in [0.1, 0.15) is 5.56 Å². The Hall–Kier alpha value is -2.50. The Morgan fingerprint density at radius 2 is 2.25 bits per heavy atom. The van der Waals surface area contributed by atoms with Crippen molar-refractivity contribution in [3.05, 3.63) is 28.7 Å². The molecule has 0 spiro atoms. The van der Waals surface area contributed by atoms with Crippen molar-refractivity contribution < 1.29 is 24.2 Å². The fourth-order valence-electron chi connectivity index (χ4n) is 1.94. The van der Waals surface area contributed by atoms with Gasteiger partial charge in [0.15, 0.2) is 11.5 Å². The van der Waals surface area contributed by atoms with Crippen LogP contribution < -0.4 is 9.47 Å². The number of hydrogen-bond donors (Lipinski definition) is 1. The van der Waals surface area contributed by atoms with Gasteiger partial charge in [-0.15, -0.1) is 6.42 Å². The zero-order valence-electron chi connectivity index (χ0n) is 12.6. The van der Waals surface area contributed by atoms with E-state index in [9.17, 15) is 9.59 Å². The summed E-state index contributed by atoms with van der Waals surface area (Å²) in [7, 11) is 1.49. The number of amides is 1. The maximum atomic E-state index is 12.2. The fourth-order valence-corrected chi connectivity index (χ4v) is 3.19. The quantitative estimate of drug-likeness (QED) is 0.471. The molecule has 1 aromatic carbocycles. The largest absolute Gasteiger partial charge is 0.493 e. The highest BCUT2D eigenvalue weighted by atomic mass is 32.2. The first-order valence-electron chi connectivity index (χ1n) is 6.67. The molecule has 0 aliphatic carbocycles. The van der Waals surface area contributed by atoms with E-state index in [1.54, 1.807) is 24.3 Å². The molecule has 1 saturated heterocycles. The number of methoxy groups -OCH3 is 1. The van der Waals surface area contributed by atoms with Gasteiger partial charge in [-0.25, -0.2) is 0 Å². The number of benzene rings is 1. The smallest absolute Gasteiger partial charge is 0.323 e. The Morgan fingerprint density at radius 1 is 1.50 bits per heavy atom. The van der Waals surface area contributed by atoms with E-state index in [2.05, 4.69) is 5.92 Å². The summed E-state index contributed by atoms with van der Waals surface area (Å²) < 4.78 is 10.8. The Balaban J connectivity index is 2.25. The SMILES string of the molecule is C#CCOc1ccc(C=C2SC(=S)N(CC(=O)O)C2=O)cc1OC. The molecule has 1 N–H and O–H groups in total. The molecule has 1 aromatic rings. The summed E-state index contributed by atoms with van der Waals surface area (Å²) in [5, 5.41) is 8.83. The van der Waals surface area contributed by atoms with Gasteiger partial charge >= 0.3 is 5.97 Å². The number of hydrogen-bond acceptors (Lipinski definition) is 6. The molecule has 1 aliphatic heterocycles. The minimum absolute atomic E-state index is 0.115. The molecular weight excluding hydrogens is 350 g/mol. The van der Waals surface area contributed by atoms with Crippen LogP contribution in [0.4, 0.5) is 0 Å². The molecule has 1 aliphatic rings. The highest BCUT2D eigenvalue weighted by Gasteiger charge is 2.33. The highest BCUT2D eigenvalue weighted by Crippen LogP contribution is 2.34. The van der Waals surface area contributed by atoms with Crippen LogP contribution in [0.2, 0.25) is 0 Å². The summed E-state index contributed by atoms with van der Waals surface area (Å²) in [6.45, 7) is -0.340. The van der Waals surface area contributed by atoms with Crippen molar-refractivity contribution in [3.8, 4) is 23.8 Å². The lowest BCUT2D eigenvalue weighted by atomic mass is 10.2. The Morgan fingerprint density at radius 3 is 2.88 bits per heavy atom. The number of carbonyl (C=O) groups excluding carboxylic acids is 1. The topological polar surface area (TPSA) is 76.1 Å². The fraction of sp³-hybridized carbons (Fsp3) is 0.188. The average molecular weight is 363 g/mol. The van der Waals surface area contributed by atoms with Gasteiger partial charge in [-0.2, -0.15) is 0 Å². The molecule has 0 unspecified atom stereocenters. The second-order valence-corrected chi connectivity index (χ2v) is 6.24. The number of carbonyl (C=O) groups is 2. The number of thiocarbonyl (C=S) groups is 1. The highest BCUT2D eigenvalue weighted by molar-refractivity contribution is 8.26. The standard InChI is InChI=1S/C16H13NO5S2/c1-3-6-22-11-5-4-10(7-12(11)21-2)8-13-15(20)17(9-14(18)19)16(23)24-13/h1,4-5,7-8H,6,9H2,2H3,(H,18,19). The molecule has 1 fully saturated rings. The van der Waals surface area contributed by atoms with Gasteiger partial charge in [0.05, 0.1) is 12.0 Å². The summed E-state index contributed by atoms with van der Waals surface area (Å²) in [5.41, 5.74) is 0.690. The van der Waals surface area contributed by atoms with E-state index in [4.69, 9.17) is 33.2 Å². The molecule has 124 valence electrons. The maximum Gasteiger partial charge on any atom is 0.323 e. The molecule has 0 saturated carbocycles. The van der Waals surface area contributed by atoms with Crippen molar-refractivity contribution in [2.45, 2.75) is 0 Å². The first-order chi connectivity index (χ1) is 11.5. The van der Waals surface area contributed by atoms with Crippen LogP contribution in [0.5, 0.6) is 11.5 Å². The molecule has 0 bridgehead atoms. The van der Waals surface area contributed by atoms with Crippen molar-refractivity contribution in [2.24, 2.45) is 0 Å². The first kappa shape index (κ1) is 17.8. The molecule has 0 atom stereocenters. The van der Waals surface area contributed by atoms with Gasteiger partial charge in [-0.1, -0.05) is 36.0 Å². The van der Waals surface area contributed by atoms with E-state index in [1.165, 1.54) is 7.11 Å². The van der Waals surface area contributed by atoms with Crippen LogP contribution in [-0.4, -0.2) is 46.5 Å². The molecular formula is C16H13NO5S2. The van der Waals surface area contributed by atoms with Gasteiger partial charge in [0.2, 0.25) is 0 Å². The van der Waals surface area contributed by atoms with Gasteiger partial charge in [0.25, 0.3) is 5.91 Å². The number of nitrogens with zero attached hydrogens (tertiary/aromatic N) is 1. The van der Waals surface area contributed by atoms with E-state index < -0.39 is 18.4 Å². The number of carboxylic acids is 1. The summed E-state index contributed by atoms with van der Waals surface area (Å²) in [6.07, 6.45) is 6.78. The van der Waals surface area contributed by atoms with Crippen molar-refractivity contribution in [3.63, 3.8) is 0 Å². The van der Waals surface area contributed by atoms with Gasteiger partial charge in [-0.05, 0) is 23.8 Å². The van der Waals surface area contributed by atoms with Gasteiger partial charge in [0, 0.05) is 0 Å². The third kappa shape index (κ3) is 4.07. The molecule has 0 aromatic heterocycles. The summed E-state index contributed by atoms with van der Waals surface area (Å²) in [4.78, 5) is 24.4. The lowest BCUT2D eigenvalue weighted by molar-refractivity contribution is -0.140. The second kappa shape index (κ2) is 7.86. The van der Waals surface area contributed by atoms with Crippen LogP contribution in [0.25, 0.3) is 6.08 Å². The van der Waals surface area contributed by atoms with Gasteiger partial charge in [0.1, 0.15) is 17.5 Å². The van der Waals surface area contributed by atoms with E-state index in [0.717, 1.165) is 16.7 Å². The van der Waals surface area contributed by atoms with Crippen molar-refractivity contribution in [2.75, 3.05) is 20.3 Å². The summed E-state index contributed by atoms with van der Waals surface area (Å²) in [5.74, 6) is 1.78. The lowest BCUT2D eigenvalue weighted by Crippen LogP contribution is -2.33. The molecule has 2 rings (SSSR count). The van der Waals surface area contributed by atoms with Crippen LogP contribution in [0.15, 0.2) is 23.1 Å². The van der Waals surface area contributed by atoms with Crippen molar-refractivity contribution in [1.82, 2.24) is 4.90 Å².